The molecule has 0 spiro atoms. The van der Waals surface area contributed by atoms with Gasteiger partial charge in [0, 0.05) is 16.5 Å². The molecule has 1 atom stereocenters. The molecule has 0 saturated heterocycles. The lowest BCUT2D eigenvalue weighted by molar-refractivity contribution is 0.192. The third kappa shape index (κ3) is 2.76. The van der Waals surface area contributed by atoms with Gasteiger partial charge in [-0.1, -0.05) is 15.9 Å². The van der Waals surface area contributed by atoms with Crippen LogP contribution in [0.25, 0.3) is 17.1 Å². The lowest BCUT2D eigenvalue weighted by atomic mass is 10.1. The van der Waals surface area contributed by atoms with Crippen molar-refractivity contribution in [3.8, 4) is 17.1 Å². The standard InChI is InChI=1S/C16H16BrN5O.ClH/c1-9(23)5-15-19-16-12-6-11(17)3-4-13(12)21-8-18-10(2)14(21)7-22(16)20-15;/h3-4,6,8-9,23H,5,7H2,1-2H3;1H/t9-;/m0./s1. The number of aliphatic hydroxyl groups is 1. The molecule has 3 aromatic rings. The van der Waals surface area contributed by atoms with Gasteiger partial charge in [0.15, 0.2) is 11.6 Å². The number of imidazole rings is 1. The molecule has 0 bridgehead atoms. The van der Waals surface area contributed by atoms with E-state index in [1.165, 1.54) is 0 Å². The molecule has 126 valence electrons. The highest BCUT2D eigenvalue weighted by molar-refractivity contribution is 9.10. The normalized spacial score (nSPS) is 13.3. The average Bonchev–Trinajstić information content (AvgIpc) is 3.01. The van der Waals surface area contributed by atoms with E-state index in [1.807, 2.05) is 30.1 Å². The number of aryl methyl sites for hydroxylation is 1. The van der Waals surface area contributed by atoms with E-state index in [2.05, 4.69) is 41.6 Å². The highest BCUT2D eigenvalue weighted by atomic mass is 79.9. The summed E-state index contributed by atoms with van der Waals surface area (Å²) >= 11 is 3.54. The minimum atomic E-state index is -0.462. The van der Waals surface area contributed by atoms with E-state index < -0.39 is 6.10 Å². The molecule has 2 aromatic heterocycles. The molecule has 0 saturated carbocycles. The first kappa shape index (κ1) is 17.1. The summed E-state index contributed by atoms with van der Waals surface area (Å²) in [4.78, 5) is 9.10. The second-order valence-corrected chi connectivity index (χ2v) is 6.79. The van der Waals surface area contributed by atoms with Gasteiger partial charge in [-0.15, -0.1) is 12.4 Å². The molecule has 8 heteroatoms. The average molecular weight is 411 g/mol. The molecule has 1 aromatic carbocycles. The maximum Gasteiger partial charge on any atom is 0.160 e. The van der Waals surface area contributed by atoms with Crippen LogP contribution in [0.5, 0.6) is 0 Å². The summed E-state index contributed by atoms with van der Waals surface area (Å²) in [6.07, 6.45) is 1.83. The van der Waals surface area contributed by atoms with Crippen molar-refractivity contribution in [3.05, 3.63) is 46.2 Å². The zero-order chi connectivity index (χ0) is 16.1. The molecular formula is C16H17BrClN5O. The van der Waals surface area contributed by atoms with Crippen molar-refractivity contribution in [1.82, 2.24) is 24.3 Å². The Hall–Kier alpha value is -1.70. The highest BCUT2D eigenvalue weighted by Crippen LogP contribution is 2.33. The number of rotatable bonds is 2. The number of aromatic nitrogens is 5. The summed E-state index contributed by atoms with van der Waals surface area (Å²) in [6.45, 7) is 4.36. The first-order chi connectivity index (χ1) is 11.0. The summed E-state index contributed by atoms with van der Waals surface area (Å²) < 4.78 is 4.99. The summed E-state index contributed by atoms with van der Waals surface area (Å²) in [5.41, 5.74) is 4.12. The molecule has 0 aliphatic carbocycles. The Morgan fingerprint density at radius 2 is 2.17 bits per heavy atom. The molecule has 1 N–H and O–H groups in total. The van der Waals surface area contributed by atoms with Crippen molar-refractivity contribution in [1.29, 1.82) is 0 Å². The molecular weight excluding hydrogens is 394 g/mol. The first-order valence-electron chi connectivity index (χ1n) is 7.48. The van der Waals surface area contributed by atoms with Crippen molar-refractivity contribution in [2.24, 2.45) is 0 Å². The molecule has 6 nitrogen and oxygen atoms in total. The van der Waals surface area contributed by atoms with Crippen molar-refractivity contribution in [3.63, 3.8) is 0 Å². The minimum Gasteiger partial charge on any atom is -0.393 e. The van der Waals surface area contributed by atoms with Crippen molar-refractivity contribution in [2.75, 3.05) is 0 Å². The first-order valence-corrected chi connectivity index (χ1v) is 8.27. The van der Waals surface area contributed by atoms with Crippen LogP contribution in [0.15, 0.2) is 29.0 Å². The Morgan fingerprint density at radius 1 is 1.38 bits per heavy atom. The maximum absolute atomic E-state index is 9.62. The molecule has 0 amide bonds. The maximum atomic E-state index is 9.62. The summed E-state index contributed by atoms with van der Waals surface area (Å²) in [5, 5.41) is 14.2. The third-order valence-corrected chi connectivity index (χ3v) is 4.52. The van der Waals surface area contributed by atoms with Crippen molar-refractivity contribution < 1.29 is 5.11 Å². The van der Waals surface area contributed by atoms with Crippen LogP contribution >= 0.6 is 28.3 Å². The van der Waals surface area contributed by atoms with Gasteiger partial charge in [0.1, 0.15) is 0 Å². The van der Waals surface area contributed by atoms with Crippen molar-refractivity contribution >= 4 is 28.3 Å². The van der Waals surface area contributed by atoms with Gasteiger partial charge in [0.25, 0.3) is 0 Å². The van der Waals surface area contributed by atoms with Crippen LogP contribution in [0.4, 0.5) is 0 Å². The van der Waals surface area contributed by atoms with E-state index in [9.17, 15) is 5.11 Å². The molecule has 0 radical (unpaired) electrons. The number of benzene rings is 1. The zero-order valence-corrected chi connectivity index (χ0v) is 15.7. The van der Waals surface area contributed by atoms with E-state index in [0.717, 1.165) is 32.9 Å². The van der Waals surface area contributed by atoms with Crippen LogP contribution in [-0.2, 0) is 13.0 Å². The second kappa shape index (κ2) is 6.31. The van der Waals surface area contributed by atoms with Gasteiger partial charge in [-0.2, -0.15) is 5.10 Å². The van der Waals surface area contributed by atoms with Gasteiger partial charge < -0.3 is 9.67 Å². The van der Waals surface area contributed by atoms with Crippen LogP contribution < -0.4 is 0 Å². The molecule has 0 fully saturated rings. The Kier molecular flexibility index (Phi) is 4.50. The number of fused-ring (bicyclic) bond motifs is 5. The Labute approximate surface area is 154 Å². The fourth-order valence-electron chi connectivity index (χ4n) is 2.95. The van der Waals surface area contributed by atoms with Crippen LogP contribution in [0.1, 0.15) is 24.1 Å². The van der Waals surface area contributed by atoms with Gasteiger partial charge in [-0.25, -0.2) is 14.6 Å². The molecule has 1 aliphatic rings. The number of hydrogen-bond acceptors (Lipinski definition) is 4. The number of aliphatic hydroxyl groups excluding tert-OH is 1. The van der Waals surface area contributed by atoms with E-state index in [1.54, 1.807) is 6.92 Å². The largest absolute Gasteiger partial charge is 0.393 e. The van der Waals surface area contributed by atoms with Crippen molar-refractivity contribution in [2.45, 2.75) is 32.9 Å². The molecule has 1 aliphatic heterocycles. The van der Waals surface area contributed by atoms with E-state index in [4.69, 9.17) is 0 Å². The second-order valence-electron chi connectivity index (χ2n) is 5.87. The molecule has 24 heavy (non-hydrogen) atoms. The number of halogens is 2. The Balaban J connectivity index is 0.00000169. The predicted molar refractivity (Wildman–Crippen MR) is 96.8 cm³/mol. The van der Waals surface area contributed by atoms with E-state index in [-0.39, 0.29) is 12.4 Å². The predicted octanol–water partition coefficient (Wildman–Crippen LogP) is 2.91. The van der Waals surface area contributed by atoms with Gasteiger partial charge in [0.05, 0.1) is 36.1 Å². The fourth-order valence-corrected chi connectivity index (χ4v) is 3.31. The fraction of sp³-hybridized carbons (Fsp3) is 0.312. The zero-order valence-electron chi connectivity index (χ0n) is 13.3. The van der Waals surface area contributed by atoms with Gasteiger partial charge in [0.2, 0.25) is 0 Å². The monoisotopic (exact) mass is 409 g/mol. The number of nitrogens with zero attached hydrogens (tertiary/aromatic N) is 5. The highest BCUT2D eigenvalue weighted by Gasteiger charge is 2.24. The molecule has 3 heterocycles. The summed E-state index contributed by atoms with van der Waals surface area (Å²) in [6, 6.07) is 6.12. The Morgan fingerprint density at radius 3 is 2.92 bits per heavy atom. The SMILES string of the molecule is Cc1ncn2c1Cn1nc(C[C@H](C)O)nc1-c1cc(Br)ccc1-2.Cl. The summed E-state index contributed by atoms with van der Waals surface area (Å²) in [5.74, 6) is 1.48. The van der Waals surface area contributed by atoms with Crippen LogP contribution in [0, 0.1) is 6.92 Å². The molecule has 0 unspecified atom stereocenters. The van der Waals surface area contributed by atoms with Gasteiger partial charge in [-0.3, -0.25) is 0 Å². The molecule has 4 rings (SSSR count). The number of hydrogen-bond donors (Lipinski definition) is 1. The lowest BCUT2D eigenvalue weighted by Crippen LogP contribution is -2.08. The van der Waals surface area contributed by atoms with E-state index in [0.29, 0.717) is 18.8 Å². The minimum absolute atomic E-state index is 0. The van der Waals surface area contributed by atoms with Crippen LogP contribution in [0.3, 0.4) is 0 Å². The van der Waals surface area contributed by atoms with Gasteiger partial charge >= 0.3 is 0 Å². The quantitative estimate of drug-likeness (QED) is 0.552. The third-order valence-electron chi connectivity index (χ3n) is 4.03. The summed E-state index contributed by atoms with van der Waals surface area (Å²) in [7, 11) is 0. The Bertz CT molecular complexity index is 902. The van der Waals surface area contributed by atoms with Crippen LogP contribution in [0.2, 0.25) is 0 Å². The smallest absolute Gasteiger partial charge is 0.160 e. The lowest BCUT2D eigenvalue weighted by Gasteiger charge is -2.08. The van der Waals surface area contributed by atoms with Crippen LogP contribution in [-0.4, -0.2) is 35.5 Å². The van der Waals surface area contributed by atoms with Gasteiger partial charge in [-0.05, 0) is 32.0 Å². The topological polar surface area (TPSA) is 68.8 Å². The van der Waals surface area contributed by atoms with E-state index >= 15 is 0 Å².